The minimum Gasteiger partial charge on any atom is -0.339 e. The minimum atomic E-state index is -0.0536. The van der Waals surface area contributed by atoms with Crippen LogP contribution in [0.5, 0.6) is 0 Å². The summed E-state index contributed by atoms with van der Waals surface area (Å²) in [5.41, 5.74) is 1.87. The largest absolute Gasteiger partial charge is 0.339 e. The number of benzene rings is 2. The number of carbonyl (C=O) groups is 2. The normalized spacial score (nSPS) is 15.1. The summed E-state index contributed by atoms with van der Waals surface area (Å²) in [6, 6.07) is 17.6. The number of nitrogens with zero attached hydrogens (tertiary/aromatic N) is 1. The van der Waals surface area contributed by atoms with E-state index in [0.29, 0.717) is 25.9 Å². The molecule has 1 aliphatic rings. The smallest absolute Gasteiger partial charge is 0.246 e. The standard InChI is InChI=1S/C22H24N2O2S/c1-27-20-10-6-5-9-19(20)23-22(26)18-13-15-24(16-14-18)21(25)12-11-17-7-3-2-4-8-17/h2-12,18H,13-16H2,1H3,(H,23,26)/b12-11+. The SMILES string of the molecule is CSc1ccccc1NC(=O)C1CCN(C(=O)/C=C/c2ccccc2)CC1. The Kier molecular flexibility index (Phi) is 6.71. The Morgan fingerprint density at radius 2 is 1.70 bits per heavy atom. The van der Waals surface area contributed by atoms with Gasteiger partial charge in [-0.15, -0.1) is 11.8 Å². The zero-order chi connectivity index (χ0) is 19.1. The van der Waals surface area contributed by atoms with Crippen LogP contribution in [-0.2, 0) is 9.59 Å². The van der Waals surface area contributed by atoms with Gasteiger partial charge in [-0.25, -0.2) is 0 Å². The van der Waals surface area contributed by atoms with Gasteiger partial charge in [-0.1, -0.05) is 42.5 Å². The van der Waals surface area contributed by atoms with E-state index in [9.17, 15) is 9.59 Å². The summed E-state index contributed by atoms with van der Waals surface area (Å²) in [6.45, 7) is 1.22. The second kappa shape index (κ2) is 9.42. The summed E-state index contributed by atoms with van der Waals surface area (Å²) in [7, 11) is 0. The lowest BCUT2D eigenvalue weighted by Crippen LogP contribution is -2.40. The number of carbonyl (C=O) groups excluding carboxylic acids is 2. The summed E-state index contributed by atoms with van der Waals surface area (Å²) in [6.07, 6.45) is 6.83. The first kappa shape index (κ1) is 19.2. The second-order valence-corrected chi connectivity index (χ2v) is 7.38. The first-order valence-corrected chi connectivity index (χ1v) is 10.4. The molecule has 4 nitrogen and oxygen atoms in total. The molecule has 2 amide bonds. The van der Waals surface area contributed by atoms with Gasteiger partial charge in [-0.2, -0.15) is 0 Å². The average molecular weight is 381 g/mol. The van der Waals surface area contributed by atoms with Crippen molar-refractivity contribution < 1.29 is 9.59 Å². The maximum Gasteiger partial charge on any atom is 0.246 e. The van der Waals surface area contributed by atoms with E-state index in [1.165, 1.54) is 0 Å². The van der Waals surface area contributed by atoms with Crippen molar-refractivity contribution in [2.75, 3.05) is 24.7 Å². The lowest BCUT2D eigenvalue weighted by molar-refractivity contribution is -0.130. The highest BCUT2D eigenvalue weighted by molar-refractivity contribution is 7.98. The summed E-state index contributed by atoms with van der Waals surface area (Å²) >= 11 is 1.62. The molecule has 1 N–H and O–H groups in total. The van der Waals surface area contributed by atoms with Gasteiger partial charge in [0.1, 0.15) is 0 Å². The summed E-state index contributed by atoms with van der Waals surface area (Å²) in [5.74, 6) is -0.00377. The Balaban J connectivity index is 1.51. The molecule has 0 spiro atoms. The Bertz CT molecular complexity index is 812. The molecule has 27 heavy (non-hydrogen) atoms. The molecular weight excluding hydrogens is 356 g/mol. The third-order valence-electron chi connectivity index (χ3n) is 4.76. The maximum absolute atomic E-state index is 12.6. The minimum absolute atomic E-state index is 0.00504. The average Bonchev–Trinajstić information content (AvgIpc) is 2.73. The van der Waals surface area contributed by atoms with Crippen LogP contribution in [0.3, 0.4) is 0 Å². The molecule has 140 valence electrons. The van der Waals surface area contributed by atoms with Crippen molar-refractivity contribution >= 4 is 35.3 Å². The van der Waals surface area contributed by atoms with Crippen molar-refractivity contribution in [3.8, 4) is 0 Å². The zero-order valence-electron chi connectivity index (χ0n) is 15.4. The molecular formula is C22H24N2O2S. The van der Waals surface area contributed by atoms with Crippen LogP contribution in [0.4, 0.5) is 5.69 Å². The van der Waals surface area contributed by atoms with Crippen molar-refractivity contribution in [2.45, 2.75) is 17.7 Å². The van der Waals surface area contributed by atoms with E-state index in [2.05, 4.69) is 5.32 Å². The van der Waals surface area contributed by atoms with Gasteiger partial charge in [0, 0.05) is 30.0 Å². The molecule has 2 aromatic carbocycles. The lowest BCUT2D eigenvalue weighted by atomic mass is 9.95. The Hall–Kier alpha value is -2.53. The molecule has 1 saturated heterocycles. The Morgan fingerprint density at radius 3 is 2.41 bits per heavy atom. The van der Waals surface area contributed by atoms with Crippen LogP contribution >= 0.6 is 11.8 Å². The first-order valence-electron chi connectivity index (χ1n) is 9.13. The molecule has 0 saturated carbocycles. The van der Waals surface area contributed by atoms with E-state index >= 15 is 0 Å². The third kappa shape index (κ3) is 5.23. The topological polar surface area (TPSA) is 49.4 Å². The van der Waals surface area contributed by atoms with E-state index in [1.54, 1.807) is 17.8 Å². The Morgan fingerprint density at radius 1 is 1.04 bits per heavy atom. The van der Waals surface area contributed by atoms with Crippen LogP contribution in [0.15, 0.2) is 65.6 Å². The number of nitrogens with one attached hydrogen (secondary N) is 1. The monoisotopic (exact) mass is 380 g/mol. The van der Waals surface area contributed by atoms with E-state index in [1.807, 2.05) is 71.8 Å². The molecule has 0 atom stereocenters. The molecule has 1 aliphatic heterocycles. The van der Waals surface area contributed by atoms with Crippen LogP contribution in [-0.4, -0.2) is 36.1 Å². The molecule has 0 bridgehead atoms. The first-order chi connectivity index (χ1) is 13.2. The number of likely N-dealkylation sites (tertiary alicyclic amines) is 1. The van der Waals surface area contributed by atoms with E-state index in [4.69, 9.17) is 0 Å². The highest BCUT2D eigenvalue weighted by Gasteiger charge is 2.26. The summed E-state index contributed by atoms with van der Waals surface area (Å²) in [5, 5.41) is 3.04. The molecule has 1 heterocycles. The number of para-hydroxylation sites is 1. The Labute approximate surface area is 164 Å². The van der Waals surface area contributed by atoms with Crippen LogP contribution < -0.4 is 5.32 Å². The molecule has 0 aliphatic carbocycles. The molecule has 0 radical (unpaired) electrons. The number of hydrogen-bond donors (Lipinski definition) is 1. The van der Waals surface area contributed by atoms with Gasteiger partial charge in [-0.05, 0) is 42.9 Å². The van der Waals surface area contributed by atoms with E-state index in [0.717, 1.165) is 16.1 Å². The van der Waals surface area contributed by atoms with Crippen LogP contribution in [0, 0.1) is 5.92 Å². The van der Waals surface area contributed by atoms with Gasteiger partial charge >= 0.3 is 0 Å². The number of amides is 2. The van der Waals surface area contributed by atoms with Crippen molar-refractivity contribution in [3.05, 3.63) is 66.2 Å². The molecule has 0 aromatic heterocycles. The van der Waals surface area contributed by atoms with E-state index < -0.39 is 0 Å². The molecule has 3 rings (SSSR count). The number of hydrogen-bond acceptors (Lipinski definition) is 3. The third-order valence-corrected chi connectivity index (χ3v) is 5.56. The number of rotatable bonds is 5. The molecule has 5 heteroatoms. The molecule has 2 aromatic rings. The number of thioether (sulfide) groups is 1. The zero-order valence-corrected chi connectivity index (χ0v) is 16.2. The van der Waals surface area contributed by atoms with Gasteiger partial charge in [-0.3, -0.25) is 9.59 Å². The van der Waals surface area contributed by atoms with Crippen molar-refractivity contribution in [3.63, 3.8) is 0 Å². The van der Waals surface area contributed by atoms with Crippen LogP contribution in [0.2, 0.25) is 0 Å². The predicted molar refractivity (Wildman–Crippen MR) is 112 cm³/mol. The van der Waals surface area contributed by atoms with Crippen LogP contribution in [0.1, 0.15) is 18.4 Å². The summed E-state index contributed by atoms with van der Waals surface area (Å²) < 4.78 is 0. The quantitative estimate of drug-likeness (QED) is 0.621. The highest BCUT2D eigenvalue weighted by atomic mass is 32.2. The van der Waals surface area contributed by atoms with Crippen molar-refractivity contribution in [1.82, 2.24) is 4.90 Å². The number of anilines is 1. The highest BCUT2D eigenvalue weighted by Crippen LogP contribution is 2.26. The summed E-state index contributed by atoms with van der Waals surface area (Å²) in [4.78, 5) is 27.8. The van der Waals surface area contributed by atoms with Gasteiger partial charge < -0.3 is 10.2 Å². The maximum atomic E-state index is 12.6. The van der Waals surface area contributed by atoms with E-state index in [-0.39, 0.29) is 17.7 Å². The van der Waals surface area contributed by atoms with Gasteiger partial charge in [0.25, 0.3) is 0 Å². The fourth-order valence-corrected chi connectivity index (χ4v) is 3.74. The van der Waals surface area contributed by atoms with Crippen molar-refractivity contribution in [2.24, 2.45) is 5.92 Å². The van der Waals surface area contributed by atoms with Gasteiger partial charge in [0.05, 0.1) is 5.69 Å². The fourth-order valence-electron chi connectivity index (χ4n) is 3.18. The van der Waals surface area contributed by atoms with Crippen molar-refractivity contribution in [1.29, 1.82) is 0 Å². The molecule has 0 unspecified atom stereocenters. The predicted octanol–water partition coefficient (Wildman–Crippen LogP) is 4.30. The lowest BCUT2D eigenvalue weighted by Gasteiger charge is -2.30. The van der Waals surface area contributed by atoms with Gasteiger partial charge in [0.15, 0.2) is 0 Å². The molecule has 1 fully saturated rings. The second-order valence-electron chi connectivity index (χ2n) is 6.53. The fraction of sp³-hybridized carbons (Fsp3) is 0.273. The van der Waals surface area contributed by atoms with Gasteiger partial charge in [0.2, 0.25) is 11.8 Å². The number of piperidine rings is 1. The van der Waals surface area contributed by atoms with Crippen LogP contribution in [0.25, 0.3) is 6.08 Å².